The van der Waals surface area contributed by atoms with Gasteiger partial charge in [-0.2, -0.15) is 18.3 Å². The van der Waals surface area contributed by atoms with Gasteiger partial charge in [-0.1, -0.05) is 30.3 Å². The topological polar surface area (TPSA) is 91.0 Å². The van der Waals surface area contributed by atoms with Crippen molar-refractivity contribution < 1.29 is 22.7 Å². The fraction of sp³-hybridized carbons (Fsp3) is 0.231. The van der Waals surface area contributed by atoms with Gasteiger partial charge in [-0.25, -0.2) is 0 Å². The molecule has 0 aliphatic heterocycles. The van der Waals surface area contributed by atoms with Gasteiger partial charge in [-0.15, -0.1) is 0 Å². The quantitative estimate of drug-likeness (QED) is 0.371. The van der Waals surface area contributed by atoms with E-state index in [0.29, 0.717) is 18.8 Å². The Balaban J connectivity index is 1.45. The van der Waals surface area contributed by atoms with Crippen molar-refractivity contribution in [2.24, 2.45) is 0 Å². The number of methoxy groups -OCH3 is 1. The molecule has 1 amide bonds. The third kappa shape index (κ3) is 6.50. The van der Waals surface area contributed by atoms with Crippen molar-refractivity contribution in [1.29, 1.82) is 0 Å². The lowest BCUT2D eigenvalue weighted by atomic mass is 10.1. The van der Waals surface area contributed by atoms with Gasteiger partial charge in [0.1, 0.15) is 5.69 Å². The Labute approximate surface area is 210 Å². The average molecular weight is 512 g/mol. The molecule has 0 radical (unpaired) electrons. The van der Waals surface area contributed by atoms with Crippen molar-refractivity contribution in [3.8, 4) is 0 Å². The van der Waals surface area contributed by atoms with Crippen molar-refractivity contribution in [2.75, 3.05) is 7.11 Å². The number of ether oxygens (including phenoxy) is 1. The summed E-state index contributed by atoms with van der Waals surface area (Å²) < 4.78 is 48.0. The van der Waals surface area contributed by atoms with Gasteiger partial charge in [0.2, 0.25) is 0 Å². The van der Waals surface area contributed by atoms with E-state index in [9.17, 15) is 22.8 Å². The minimum absolute atomic E-state index is 0.0568. The fourth-order valence-electron chi connectivity index (χ4n) is 3.82. The summed E-state index contributed by atoms with van der Waals surface area (Å²) in [5.41, 5.74) is 1.36. The van der Waals surface area contributed by atoms with Crippen LogP contribution in [0, 0.1) is 0 Å². The maximum atomic E-state index is 13.2. The first-order valence-corrected chi connectivity index (χ1v) is 11.3. The number of nitrogens with zero attached hydrogens (tertiary/aromatic N) is 4. The van der Waals surface area contributed by atoms with Gasteiger partial charge in [-0.3, -0.25) is 19.3 Å². The van der Waals surface area contributed by atoms with Gasteiger partial charge < -0.3 is 14.6 Å². The molecule has 3 aromatic heterocycles. The van der Waals surface area contributed by atoms with Crippen molar-refractivity contribution >= 4 is 5.91 Å². The van der Waals surface area contributed by atoms with Gasteiger partial charge in [0, 0.05) is 50.1 Å². The Kier molecular flexibility index (Phi) is 7.83. The molecule has 0 bridgehead atoms. The van der Waals surface area contributed by atoms with E-state index >= 15 is 0 Å². The predicted octanol–water partition coefficient (Wildman–Crippen LogP) is 3.63. The third-order valence-corrected chi connectivity index (χ3v) is 5.63. The first-order chi connectivity index (χ1) is 17.7. The number of halogens is 3. The van der Waals surface area contributed by atoms with Crippen molar-refractivity contribution in [3.63, 3.8) is 0 Å². The molecule has 0 aliphatic carbocycles. The van der Waals surface area contributed by atoms with Crippen LogP contribution in [0.25, 0.3) is 0 Å². The Bertz CT molecular complexity index is 1430. The zero-order valence-corrected chi connectivity index (χ0v) is 19.9. The number of nitrogens with one attached hydrogen (secondary N) is 1. The number of hydrogen-bond donors (Lipinski definition) is 1. The molecular weight excluding hydrogens is 487 g/mol. The van der Waals surface area contributed by atoms with E-state index in [2.05, 4.69) is 15.4 Å². The van der Waals surface area contributed by atoms with E-state index in [1.807, 2.05) is 24.3 Å². The maximum Gasteiger partial charge on any atom is 0.416 e. The molecule has 3 heterocycles. The van der Waals surface area contributed by atoms with Crippen molar-refractivity contribution in [1.82, 2.24) is 24.6 Å². The third-order valence-electron chi connectivity index (χ3n) is 5.63. The van der Waals surface area contributed by atoms with Gasteiger partial charge in [0.05, 0.1) is 30.8 Å². The molecule has 0 fully saturated rings. The van der Waals surface area contributed by atoms with Crippen LogP contribution in [-0.4, -0.2) is 32.3 Å². The molecule has 0 atom stereocenters. The number of carbonyl (C=O) groups is 1. The summed E-state index contributed by atoms with van der Waals surface area (Å²) in [5, 5.41) is 6.95. The molecule has 0 unspecified atom stereocenters. The Morgan fingerprint density at radius 1 is 1.05 bits per heavy atom. The standard InChI is InChI=1S/C26H24F3N5O3/c1-37-17-23-21(25(36)31-13-20-12-30-10-9-22(20)26(27,28)29)16-34(32-23)15-19-7-5-18(6-8-19)14-33-11-3-2-4-24(33)35/h2-12,16H,13-15,17H2,1H3,(H,31,36). The second-order valence-corrected chi connectivity index (χ2v) is 8.32. The van der Waals surface area contributed by atoms with Gasteiger partial charge in [-0.05, 0) is 23.3 Å². The highest BCUT2D eigenvalue weighted by atomic mass is 19.4. The first kappa shape index (κ1) is 25.8. The largest absolute Gasteiger partial charge is 0.416 e. The van der Waals surface area contributed by atoms with Crippen LogP contribution in [0.2, 0.25) is 0 Å². The smallest absolute Gasteiger partial charge is 0.378 e. The lowest BCUT2D eigenvalue weighted by molar-refractivity contribution is -0.138. The molecule has 1 N–H and O–H groups in total. The molecule has 0 aliphatic rings. The summed E-state index contributed by atoms with van der Waals surface area (Å²) in [6.07, 6.45) is 0.849. The number of aromatic nitrogens is 4. The lowest BCUT2D eigenvalue weighted by Crippen LogP contribution is -2.25. The van der Waals surface area contributed by atoms with Crippen LogP contribution in [0.3, 0.4) is 0 Å². The van der Waals surface area contributed by atoms with Gasteiger partial charge in [0.15, 0.2) is 0 Å². The van der Waals surface area contributed by atoms with Gasteiger partial charge in [0.25, 0.3) is 11.5 Å². The first-order valence-electron chi connectivity index (χ1n) is 11.3. The number of carbonyl (C=O) groups excluding carboxylic acids is 1. The molecule has 192 valence electrons. The molecule has 4 aromatic rings. The van der Waals surface area contributed by atoms with Crippen LogP contribution in [0.5, 0.6) is 0 Å². The van der Waals surface area contributed by atoms with Crippen LogP contribution in [0.1, 0.15) is 38.3 Å². The van der Waals surface area contributed by atoms with E-state index in [4.69, 9.17) is 4.74 Å². The van der Waals surface area contributed by atoms with Crippen LogP contribution in [-0.2, 0) is 37.2 Å². The molecule has 0 spiro atoms. The molecular formula is C26H24F3N5O3. The summed E-state index contributed by atoms with van der Waals surface area (Å²) in [7, 11) is 1.46. The van der Waals surface area contributed by atoms with E-state index in [-0.39, 0.29) is 29.8 Å². The van der Waals surface area contributed by atoms with E-state index in [1.54, 1.807) is 27.6 Å². The minimum Gasteiger partial charge on any atom is -0.378 e. The van der Waals surface area contributed by atoms with E-state index < -0.39 is 17.6 Å². The van der Waals surface area contributed by atoms with E-state index in [0.717, 1.165) is 29.6 Å². The lowest BCUT2D eigenvalue weighted by Gasteiger charge is -2.12. The molecule has 0 saturated heterocycles. The Morgan fingerprint density at radius 2 is 1.78 bits per heavy atom. The number of alkyl halides is 3. The molecule has 0 saturated carbocycles. The number of benzene rings is 1. The van der Waals surface area contributed by atoms with Crippen molar-refractivity contribution in [3.05, 3.63) is 117 Å². The fourth-order valence-corrected chi connectivity index (χ4v) is 3.82. The van der Waals surface area contributed by atoms with Crippen LogP contribution in [0.4, 0.5) is 13.2 Å². The second-order valence-electron chi connectivity index (χ2n) is 8.32. The highest BCUT2D eigenvalue weighted by Gasteiger charge is 2.33. The van der Waals surface area contributed by atoms with Crippen LogP contribution < -0.4 is 10.9 Å². The molecule has 8 nitrogen and oxygen atoms in total. The molecule has 37 heavy (non-hydrogen) atoms. The zero-order chi connectivity index (χ0) is 26.4. The summed E-state index contributed by atoms with van der Waals surface area (Å²) in [6.45, 7) is 0.514. The van der Waals surface area contributed by atoms with Crippen LogP contribution in [0.15, 0.2) is 78.1 Å². The minimum atomic E-state index is -4.55. The number of pyridine rings is 2. The summed E-state index contributed by atoms with van der Waals surface area (Å²) >= 11 is 0. The van der Waals surface area contributed by atoms with E-state index in [1.165, 1.54) is 19.4 Å². The predicted molar refractivity (Wildman–Crippen MR) is 129 cm³/mol. The zero-order valence-electron chi connectivity index (χ0n) is 19.9. The normalized spacial score (nSPS) is 11.5. The Hall–Kier alpha value is -4.25. The number of rotatable bonds is 9. The Morgan fingerprint density at radius 3 is 2.46 bits per heavy atom. The summed E-state index contributed by atoms with van der Waals surface area (Å²) in [4.78, 5) is 28.5. The van der Waals surface area contributed by atoms with Crippen molar-refractivity contribution in [2.45, 2.75) is 32.4 Å². The number of amides is 1. The summed E-state index contributed by atoms with van der Waals surface area (Å²) in [5.74, 6) is -0.570. The van der Waals surface area contributed by atoms with Crippen LogP contribution >= 0.6 is 0 Å². The second kappa shape index (κ2) is 11.2. The maximum absolute atomic E-state index is 13.2. The molecule has 4 rings (SSSR count). The average Bonchev–Trinajstić information content (AvgIpc) is 3.27. The SMILES string of the molecule is COCc1nn(Cc2ccc(Cn3ccccc3=O)cc2)cc1C(=O)NCc1cnccc1C(F)(F)F. The number of hydrogen-bond acceptors (Lipinski definition) is 5. The molecule has 1 aromatic carbocycles. The highest BCUT2D eigenvalue weighted by Crippen LogP contribution is 2.31. The monoisotopic (exact) mass is 511 g/mol. The summed E-state index contributed by atoms with van der Waals surface area (Å²) in [6, 6.07) is 13.5. The van der Waals surface area contributed by atoms with Gasteiger partial charge >= 0.3 is 6.18 Å². The highest BCUT2D eigenvalue weighted by molar-refractivity contribution is 5.95. The molecule has 11 heteroatoms.